The Morgan fingerprint density at radius 2 is 1.52 bits per heavy atom. The van der Waals surface area contributed by atoms with Gasteiger partial charge in [0, 0.05) is 0 Å². The largest absolute Gasteiger partial charge is 1.00 e. The molecule has 3 aliphatic rings. The van der Waals surface area contributed by atoms with Crippen LogP contribution in [0.3, 0.4) is 0 Å². The molecule has 0 amide bonds. The predicted octanol–water partition coefficient (Wildman–Crippen LogP) is 3.87. The number of hydrogen-bond acceptors (Lipinski definition) is 0. The average Bonchev–Trinajstić information content (AvgIpc) is 3.59. The molecule has 3 aliphatic carbocycles. The third-order valence-electron chi connectivity index (χ3n) is 9.79. The second-order valence-electron chi connectivity index (χ2n) is 15.0. The van der Waals surface area contributed by atoms with Gasteiger partial charge in [0.25, 0.3) is 0 Å². The monoisotopic (exact) mass is 700 g/mol. The summed E-state index contributed by atoms with van der Waals surface area (Å²) in [4.78, 5) is 0. The zero-order chi connectivity index (χ0) is 29.6. The van der Waals surface area contributed by atoms with Crippen molar-refractivity contribution in [2.75, 3.05) is 0 Å². The zero-order valence-corrected chi connectivity index (χ0v) is 31.5. The van der Waals surface area contributed by atoms with Gasteiger partial charge >= 0.3 is 268 Å². The van der Waals surface area contributed by atoms with E-state index in [2.05, 4.69) is 114 Å². The maximum absolute atomic E-state index is 4.70. The summed E-state index contributed by atoms with van der Waals surface area (Å²) in [6.07, 6.45) is 16.3. The summed E-state index contributed by atoms with van der Waals surface area (Å²) in [5, 5.41) is 2.79. The molecule has 0 radical (unpaired) electrons. The van der Waals surface area contributed by atoms with Crippen molar-refractivity contribution in [3.8, 4) is 11.1 Å². The molecule has 0 nitrogen and oxygen atoms in total. The van der Waals surface area contributed by atoms with Crippen molar-refractivity contribution < 1.29 is 48.0 Å². The second kappa shape index (κ2) is 14.0. The van der Waals surface area contributed by atoms with Gasteiger partial charge in [-0.25, -0.2) is 0 Å². The molecule has 6 rings (SSSR count). The van der Waals surface area contributed by atoms with E-state index < -0.39 is 23.2 Å². The SMILES string of the molecule is C=c1cc2c(c(C3=CC=CC3)c1C(C)(C)C)=[C]([Zr+2][CH](Cc1ccccc1)C1CCCCC1)c1cc(C(C)(C)C)ccc1-2.[Cl-].[Cl-]. The van der Waals surface area contributed by atoms with Gasteiger partial charge in [-0.3, -0.25) is 0 Å². The van der Waals surface area contributed by atoms with Gasteiger partial charge in [0.1, 0.15) is 0 Å². The van der Waals surface area contributed by atoms with Gasteiger partial charge in [-0.05, 0) is 0 Å². The maximum atomic E-state index is 4.70. The van der Waals surface area contributed by atoms with E-state index in [0.29, 0.717) is 0 Å². The summed E-state index contributed by atoms with van der Waals surface area (Å²) >= 11 is -1.03. The Morgan fingerprint density at radius 3 is 2.14 bits per heavy atom. The van der Waals surface area contributed by atoms with Crippen LogP contribution in [0.15, 0.2) is 72.8 Å². The Hall–Kier alpha value is -1.66. The van der Waals surface area contributed by atoms with Crippen LogP contribution < -0.4 is 35.3 Å². The molecule has 1 fully saturated rings. The number of benzene rings is 3. The van der Waals surface area contributed by atoms with Crippen molar-refractivity contribution in [1.82, 2.24) is 0 Å². The van der Waals surface area contributed by atoms with Crippen LogP contribution in [0.1, 0.15) is 108 Å². The standard InChI is InChI=1S/C27H29.C14H19.2ClH.Zr/c1-17-14-22-21-13-12-20(26(2,3)4)15-19(21)16-23(22)24(18-10-8-9-11-18)25(17)27(5,6)7;1-3-7-13(8-4-1)11-12-14-9-5-2-6-10-14;;;/h8-10,12-15H,1,11H2,2-7H3;1,3-4,7-8,12,14H,2,5-6,9-11H2;2*1H;/q;;;;+2/p-2. The van der Waals surface area contributed by atoms with E-state index in [1.54, 1.807) is 14.1 Å². The first kappa shape index (κ1) is 35.2. The topological polar surface area (TPSA) is 0 Å². The molecule has 0 N–H and O–H groups in total. The average molecular weight is 703 g/mol. The first-order chi connectivity index (χ1) is 20.0. The van der Waals surface area contributed by atoms with E-state index in [0.717, 1.165) is 16.0 Å². The van der Waals surface area contributed by atoms with E-state index in [4.69, 9.17) is 6.58 Å². The fourth-order valence-corrected chi connectivity index (χ4v) is 12.7. The van der Waals surface area contributed by atoms with Gasteiger partial charge < -0.3 is 24.8 Å². The minimum Gasteiger partial charge on any atom is -1.00 e. The normalized spacial score (nSPS) is 16.8. The summed E-state index contributed by atoms with van der Waals surface area (Å²) in [5.74, 6) is 0.862. The Morgan fingerprint density at radius 1 is 0.818 bits per heavy atom. The van der Waals surface area contributed by atoms with Gasteiger partial charge in [-0.2, -0.15) is 0 Å². The summed E-state index contributed by atoms with van der Waals surface area (Å²) < 4.78 is 2.57. The van der Waals surface area contributed by atoms with Crippen LogP contribution in [0.25, 0.3) is 26.6 Å². The summed E-state index contributed by atoms with van der Waals surface area (Å²) in [6, 6.07) is 21.3. The number of rotatable bonds is 6. The fourth-order valence-electron chi connectivity index (χ4n) is 7.68. The molecule has 0 aliphatic heterocycles. The van der Waals surface area contributed by atoms with Crippen LogP contribution in [-0.2, 0) is 40.5 Å². The molecule has 3 aromatic carbocycles. The fraction of sp³-hybridized carbons (Fsp3) is 0.415. The minimum atomic E-state index is -1.03. The molecule has 0 heterocycles. The van der Waals surface area contributed by atoms with Gasteiger partial charge in [-0.1, -0.05) is 0 Å². The Kier molecular flexibility index (Phi) is 11.2. The molecule has 0 aromatic heterocycles. The van der Waals surface area contributed by atoms with E-state index in [-0.39, 0.29) is 35.6 Å². The van der Waals surface area contributed by atoms with E-state index >= 15 is 0 Å². The number of hydrogen-bond donors (Lipinski definition) is 0. The van der Waals surface area contributed by atoms with Crippen molar-refractivity contribution in [3.63, 3.8) is 0 Å². The van der Waals surface area contributed by atoms with Crippen molar-refractivity contribution in [2.24, 2.45) is 5.92 Å². The van der Waals surface area contributed by atoms with Crippen molar-refractivity contribution in [2.45, 2.75) is 101 Å². The molecule has 230 valence electrons. The van der Waals surface area contributed by atoms with Crippen molar-refractivity contribution in [1.29, 1.82) is 0 Å². The molecule has 3 heteroatoms. The Bertz CT molecular complexity index is 1660. The van der Waals surface area contributed by atoms with Gasteiger partial charge in [0.15, 0.2) is 0 Å². The van der Waals surface area contributed by atoms with Crippen LogP contribution in [0, 0.1) is 5.92 Å². The minimum absolute atomic E-state index is 0. The number of fused-ring (bicyclic) bond motifs is 3. The molecule has 1 saturated carbocycles. The van der Waals surface area contributed by atoms with E-state index in [1.807, 2.05) is 0 Å². The molecule has 3 aromatic rings. The molecular weight excluding hydrogens is 655 g/mol. The Balaban J connectivity index is 0.00000221. The predicted molar refractivity (Wildman–Crippen MR) is 179 cm³/mol. The second-order valence-corrected chi connectivity index (χ2v) is 18.8. The molecular formula is C41H48Cl2Zr. The Labute approximate surface area is 290 Å². The molecule has 0 bridgehead atoms. The summed E-state index contributed by atoms with van der Waals surface area (Å²) in [5.41, 5.74) is 12.0. The molecule has 1 unspecified atom stereocenters. The number of allylic oxidation sites excluding steroid dienone is 4. The molecule has 0 spiro atoms. The smallest absolute Gasteiger partial charge is 1.00 e. The van der Waals surface area contributed by atoms with E-state index in [1.165, 1.54) is 82.7 Å². The van der Waals surface area contributed by atoms with Crippen LogP contribution >= 0.6 is 0 Å². The molecule has 44 heavy (non-hydrogen) atoms. The molecule has 1 atom stereocenters. The zero-order valence-electron chi connectivity index (χ0n) is 27.5. The van der Waals surface area contributed by atoms with E-state index in [9.17, 15) is 0 Å². The third-order valence-corrected chi connectivity index (χ3v) is 14.4. The third kappa shape index (κ3) is 7.02. The summed E-state index contributed by atoms with van der Waals surface area (Å²) in [6.45, 7) is 18.9. The first-order valence-electron chi connectivity index (χ1n) is 16.2. The maximum Gasteiger partial charge on any atom is -1.00 e. The van der Waals surface area contributed by atoms with Crippen molar-refractivity contribution in [3.05, 3.63) is 111 Å². The first-order valence-corrected chi connectivity index (χ1v) is 18.9. The van der Waals surface area contributed by atoms with Gasteiger partial charge in [-0.15, -0.1) is 0 Å². The van der Waals surface area contributed by atoms with Crippen LogP contribution in [-0.4, -0.2) is 0 Å². The molecule has 0 saturated heterocycles. The van der Waals surface area contributed by atoms with Gasteiger partial charge in [0.05, 0.1) is 0 Å². The van der Waals surface area contributed by atoms with Crippen molar-refractivity contribution >= 4 is 15.4 Å². The van der Waals surface area contributed by atoms with Gasteiger partial charge in [0.2, 0.25) is 0 Å². The quantitative estimate of drug-likeness (QED) is 0.366. The number of halogens is 2. The van der Waals surface area contributed by atoms with Crippen LogP contribution in [0.5, 0.6) is 0 Å². The van der Waals surface area contributed by atoms with Crippen LogP contribution in [0.2, 0.25) is 3.63 Å². The van der Waals surface area contributed by atoms with Crippen LogP contribution in [0.4, 0.5) is 0 Å². The summed E-state index contributed by atoms with van der Waals surface area (Å²) in [7, 11) is 0.